The zero-order valence-electron chi connectivity index (χ0n) is 11.1. The average Bonchev–Trinajstić information content (AvgIpc) is 2.40. The van der Waals surface area contributed by atoms with E-state index in [1.165, 1.54) is 0 Å². The number of aromatic nitrogens is 1. The molecule has 0 amide bonds. The van der Waals surface area contributed by atoms with Crippen LogP contribution in [0.25, 0.3) is 11.1 Å². The molecule has 0 saturated heterocycles. The van der Waals surface area contributed by atoms with Gasteiger partial charge in [-0.25, -0.2) is 0 Å². The maximum Gasteiger partial charge on any atom is 0.138 e. The summed E-state index contributed by atoms with van der Waals surface area (Å²) in [5.41, 5.74) is 3.09. The summed E-state index contributed by atoms with van der Waals surface area (Å²) in [6.45, 7) is 3.38. The molecule has 0 saturated carbocycles. The predicted octanol–water partition coefficient (Wildman–Crippen LogP) is 3.52. The molecule has 2 rings (SSSR count). The van der Waals surface area contributed by atoms with Gasteiger partial charge in [-0.05, 0) is 31.7 Å². The molecule has 0 bridgehead atoms. The smallest absolute Gasteiger partial charge is 0.138 e. The monoisotopic (exact) mass is 276 g/mol. The summed E-state index contributed by atoms with van der Waals surface area (Å²) in [4.78, 5) is 4.18. The summed E-state index contributed by atoms with van der Waals surface area (Å²) < 4.78 is 5.45. The molecule has 0 radical (unpaired) electrons. The number of nitrogens with zero attached hydrogens (tertiary/aromatic N) is 1. The first-order chi connectivity index (χ1) is 9.24. The van der Waals surface area contributed by atoms with Crippen molar-refractivity contribution in [2.75, 3.05) is 13.7 Å². The van der Waals surface area contributed by atoms with Crippen molar-refractivity contribution < 1.29 is 4.74 Å². The van der Waals surface area contributed by atoms with E-state index in [9.17, 15) is 0 Å². The van der Waals surface area contributed by atoms with E-state index in [0.29, 0.717) is 6.61 Å². The molecule has 3 nitrogen and oxygen atoms in total. The fourth-order valence-corrected chi connectivity index (χ4v) is 2.23. The molecule has 1 heterocycles. The summed E-state index contributed by atoms with van der Waals surface area (Å²) >= 11 is 6.33. The Bertz CT molecular complexity index is 558. The van der Waals surface area contributed by atoms with Gasteiger partial charge < -0.3 is 10.1 Å². The van der Waals surface area contributed by atoms with E-state index in [2.05, 4.69) is 16.4 Å². The average molecular weight is 277 g/mol. The van der Waals surface area contributed by atoms with Crippen molar-refractivity contribution in [1.29, 1.82) is 0 Å². The minimum absolute atomic E-state index is 0.625. The number of hydrogen-bond acceptors (Lipinski definition) is 3. The molecule has 1 N–H and O–H groups in total. The van der Waals surface area contributed by atoms with Crippen LogP contribution in [0.15, 0.2) is 36.7 Å². The Labute approximate surface area is 118 Å². The standard InChI is InChI=1S/C15H17ClN2O/c1-3-19-13-7-12(9-18-10-13)14-5-4-11(8-17-2)6-15(14)16/h4-7,9-10,17H,3,8H2,1-2H3. The highest BCUT2D eigenvalue weighted by Gasteiger charge is 2.06. The Kier molecular flexibility index (Phi) is 4.77. The molecule has 0 atom stereocenters. The van der Waals surface area contributed by atoms with Crippen molar-refractivity contribution in [3.05, 3.63) is 47.2 Å². The molecule has 0 fully saturated rings. The number of pyridine rings is 1. The lowest BCUT2D eigenvalue weighted by atomic mass is 10.1. The van der Waals surface area contributed by atoms with Gasteiger partial charge in [0.25, 0.3) is 0 Å². The Balaban J connectivity index is 2.33. The van der Waals surface area contributed by atoms with Crippen LogP contribution >= 0.6 is 11.6 Å². The van der Waals surface area contributed by atoms with Gasteiger partial charge in [-0.15, -0.1) is 0 Å². The molecule has 1 aromatic carbocycles. The Morgan fingerprint density at radius 3 is 2.79 bits per heavy atom. The van der Waals surface area contributed by atoms with E-state index in [0.717, 1.165) is 34.0 Å². The van der Waals surface area contributed by atoms with Gasteiger partial charge in [-0.1, -0.05) is 23.7 Å². The largest absolute Gasteiger partial charge is 0.492 e. The lowest BCUT2D eigenvalue weighted by Gasteiger charge is -2.09. The first-order valence-corrected chi connectivity index (χ1v) is 6.63. The van der Waals surface area contributed by atoms with Gasteiger partial charge in [0.05, 0.1) is 12.8 Å². The third-order valence-corrected chi connectivity index (χ3v) is 3.06. The van der Waals surface area contributed by atoms with Crippen LogP contribution in [0.5, 0.6) is 5.75 Å². The SMILES string of the molecule is CCOc1cncc(-c2ccc(CNC)cc2Cl)c1. The zero-order valence-corrected chi connectivity index (χ0v) is 11.9. The van der Waals surface area contributed by atoms with E-state index < -0.39 is 0 Å². The molecule has 0 spiro atoms. The van der Waals surface area contributed by atoms with E-state index in [-0.39, 0.29) is 0 Å². The molecule has 0 aliphatic heterocycles. The normalized spacial score (nSPS) is 10.5. The van der Waals surface area contributed by atoms with Crippen LogP contribution in [0.1, 0.15) is 12.5 Å². The zero-order chi connectivity index (χ0) is 13.7. The maximum atomic E-state index is 6.33. The van der Waals surface area contributed by atoms with Crippen LogP contribution in [0.3, 0.4) is 0 Å². The lowest BCUT2D eigenvalue weighted by Crippen LogP contribution is -2.04. The maximum absolute atomic E-state index is 6.33. The summed E-state index contributed by atoms with van der Waals surface area (Å²) in [6.07, 6.45) is 3.50. The third-order valence-electron chi connectivity index (χ3n) is 2.75. The fourth-order valence-electron chi connectivity index (χ4n) is 1.92. The molecule has 0 aliphatic rings. The summed E-state index contributed by atoms with van der Waals surface area (Å²) in [5, 5.41) is 3.83. The van der Waals surface area contributed by atoms with Crippen LogP contribution < -0.4 is 10.1 Å². The van der Waals surface area contributed by atoms with E-state index in [1.807, 2.05) is 32.2 Å². The van der Waals surface area contributed by atoms with Gasteiger partial charge in [-0.2, -0.15) is 0 Å². The van der Waals surface area contributed by atoms with Gasteiger partial charge >= 0.3 is 0 Å². The summed E-state index contributed by atoms with van der Waals surface area (Å²) in [7, 11) is 1.91. The number of hydrogen-bond donors (Lipinski definition) is 1. The summed E-state index contributed by atoms with van der Waals surface area (Å²) in [6, 6.07) is 8.00. The highest BCUT2D eigenvalue weighted by molar-refractivity contribution is 6.33. The van der Waals surface area contributed by atoms with Gasteiger partial charge in [-0.3, -0.25) is 4.98 Å². The van der Waals surface area contributed by atoms with Crippen molar-refractivity contribution in [2.45, 2.75) is 13.5 Å². The predicted molar refractivity (Wildman–Crippen MR) is 78.6 cm³/mol. The minimum atomic E-state index is 0.625. The highest BCUT2D eigenvalue weighted by atomic mass is 35.5. The van der Waals surface area contributed by atoms with Gasteiger partial charge in [0.1, 0.15) is 5.75 Å². The van der Waals surface area contributed by atoms with Crippen molar-refractivity contribution in [2.24, 2.45) is 0 Å². The number of ether oxygens (including phenoxy) is 1. The minimum Gasteiger partial charge on any atom is -0.492 e. The van der Waals surface area contributed by atoms with Crippen LogP contribution in [0.4, 0.5) is 0 Å². The second-order valence-electron chi connectivity index (χ2n) is 4.19. The first kappa shape index (κ1) is 13.8. The summed E-state index contributed by atoms with van der Waals surface area (Å²) in [5.74, 6) is 0.760. The van der Waals surface area contributed by atoms with Gasteiger partial charge in [0.2, 0.25) is 0 Å². The van der Waals surface area contributed by atoms with Crippen molar-refractivity contribution in [3.8, 4) is 16.9 Å². The van der Waals surface area contributed by atoms with E-state index in [4.69, 9.17) is 16.3 Å². The number of halogens is 1. The van der Waals surface area contributed by atoms with Crippen LogP contribution in [0.2, 0.25) is 5.02 Å². The number of rotatable bonds is 5. The van der Waals surface area contributed by atoms with E-state index >= 15 is 0 Å². The topological polar surface area (TPSA) is 34.1 Å². The van der Waals surface area contributed by atoms with Crippen LogP contribution in [-0.2, 0) is 6.54 Å². The van der Waals surface area contributed by atoms with Crippen molar-refractivity contribution in [3.63, 3.8) is 0 Å². The van der Waals surface area contributed by atoms with Crippen LogP contribution in [0, 0.1) is 0 Å². The third kappa shape index (κ3) is 3.46. The molecule has 19 heavy (non-hydrogen) atoms. The fraction of sp³-hybridized carbons (Fsp3) is 0.267. The lowest BCUT2D eigenvalue weighted by molar-refractivity contribution is 0.339. The first-order valence-electron chi connectivity index (χ1n) is 6.26. The molecule has 1 aromatic heterocycles. The second kappa shape index (κ2) is 6.55. The molecule has 4 heteroatoms. The molecule has 100 valence electrons. The molecule has 2 aromatic rings. The number of nitrogens with one attached hydrogen (secondary N) is 1. The van der Waals surface area contributed by atoms with E-state index in [1.54, 1.807) is 12.4 Å². The van der Waals surface area contributed by atoms with Gasteiger partial charge in [0, 0.05) is 28.9 Å². The molecule has 0 aliphatic carbocycles. The quantitative estimate of drug-likeness (QED) is 0.907. The van der Waals surface area contributed by atoms with Gasteiger partial charge in [0.15, 0.2) is 0 Å². The molecule has 0 unspecified atom stereocenters. The Morgan fingerprint density at radius 2 is 2.11 bits per heavy atom. The van der Waals surface area contributed by atoms with Crippen molar-refractivity contribution >= 4 is 11.6 Å². The van der Waals surface area contributed by atoms with Crippen molar-refractivity contribution in [1.82, 2.24) is 10.3 Å². The van der Waals surface area contributed by atoms with Crippen LogP contribution in [-0.4, -0.2) is 18.6 Å². The second-order valence-corrected chi connectivity index (χ2v) is 4.59. The molecular weight excluding hydrogens is 260 g/mol. The Morgan fingerprint density at radius 1 is 1.26 bits per heavy atom. The Hall–Kier alpha value is -1.58. The molecular formula is C15H17ClN2O. The number of benzene rings is 1. The highest BCUT2D eigenvalue weighted by Crippen LogP contribution is 2.30.